The van der Waals surface area contributed by atoms with Gasteiger partial charge in [-0.25, -0.2) is 0 Å². The van der Waals surface area contributed by atoms with Crippen molar-refractivity contribution < 1.29 is 4.79 Å². The average Bonchev–Trinajstić information content (AvgIpc) is 3.12. The monoisotopic (exact) mass is 300 g/mol. The Morgan fingerprint density at radius 1 is 1.55 bits per heavy atom. The van der Waals surface area contributed by atoms with Crippen molar-refractivity contribution in [2.24, 2.45) is 11.7 Å². The van der Waals surface area contributed by atoms with E-state index in [0.717, 1.165) is 12.1 Å². The number of nitrogens with zero attached hydrogens (tertiary/aromatic N) is 2. The molecule has 1 heterocycles. The molecule has 1 aliphatic carbocycles. The number of rotatable bonds is 6. The highest BCUT2D eigenvalue weighted by atomic mass is 35.5. The molecular weight excluding hydrogens is 276 g/mol. The second kappa shape index (κ2) is 7.09. The van der Waals surface area contributed by atoms with Crippen molar-refractivity contribution in [3.63, 3.8) is 0 Å². The number of carbonyl (C=O) groups excluding carboxylic acids is 1. The van der Waals surface area contributed by atoms with Gasteiger partial charge in [-0.2, -0.15) is 5.10 Å². The van der Waals surface area contributed by atoms with Gasteiger partial charge in [0.15, 0.2) is 0 Å². The largest absolute Gasteiger partial charge is 0.340 e. The third kappa shape index (κ3) is 4.21. The molecule has 1 atom stereocenters. The van der Waals surface area contributed by atoms with Crippen molar-refractivity contribution in [2.75, 3.05) is 13.6 Å². The zero-order valence-corrected chi connectivity index (χ0v) is 13.2. The summed E-state index contributed by atoms with van der Waals surface area (Å²) in [5.41, 5.74) is 7.61. The van der Waals surface area contributed by atoms with Crippen LogP contribution in [0, 0.1) is 5.92 Å². The molecule has 0 aromatic carbocycles. The quantitative estimate of drug-likeness (QED) is 0.845. The summed E-state index contributed by atoms with van der Waals surface area (Å²) >= 11 is 0. The SMILES string of the molecule is CC(C)C(N)CCN(C)C(=O)c1cc(C2CC2)[nH]n1.Cl. The second-order valence-corrected chi connectivity index (χ2v) is 5.91. The van der Waals surface area contributed by atoms with Crippen LogP contribution in [-0.2, 0) is 0 Å². The van der Waals surface area contributed by atoms with Gasteiger partial charge < -0.3 is 10.6 Å². The minimum atomic E-state index is -0.0286. The van der Waals surface area contributed by atoms with E-state index in [0.29, 0.717) is 24.1 Å². The van der Waals surface area contributed by atoms with Crippen molar-refractivity contribution in [1.29, 1.82) is 0 Å². The number of nitrogens with one attached hydrogen (secondary N) is 1. The fourth-order valence-electron chi connectivity index (χ4n) is 2.02. The number of aromatic amines is 1. The van der Waals surface area contributed by atoms with Crippen LogP contribution in [-0.4, -0.2) is 40.6 Å². The molecule has 1 aromatic heterocycles. The van der Waals surface area contributed by atoms with Gasteiger partial charge in [0.2, 0.25) is 0 Å². The van der Waals surface area contributed by atoms with E-state index in [1.54, 1.807) is 11.9 Å². The van der Waals surface area contributed by atoms with E-state index in [2.05, 4.69) is 24.0 Å². The number of aromatic nitrogens is 2. The average molecular weight is 301 g/mol. The van der Waals surface area contributed by atoms with Gasteiger partial charge in [-0.05, 0) is 31.2 Å². The van der Waals surface area contributed by atoms with Gasteiger partial charge in [-0.3, -0.25) is 9.89 Å². The zero-order valence-electron chi connectivity index (χ0n) is 12.4. The third-order valence-electron chi connectivity index (χ3n) is 3.83. The molecule has 6 heteroatoms. The van der Waals surface area contributed by atoms with Crippen LogP contribution in [0.1, 0.15) is 55.2 Å². The van der Waals surface area contributed by atoms with Crippen LogP contribution >= 0.6 is 12.4 Å². The number of hydrogen-bond acceptors (Lipinski definition) is 3. The van der Waals surface area contributed by atoms with E-state index in [1.807, 2.05) is 6.07 Å². The van der Waals surface area contributed by atoms with Gasteiger partial charge in [-0.1, -0.05) is 13.8 Å². The zero-order chi connectivity index (χ0) is 14.0. The highest BCUT2D eigenvalue weighted by molar-refractivity contribution is 5.92. The van der Waals surface area contributed by atoms with Gasteiger partial charge >= 0.3 is 0 Å². The van der Waals surface area contributed by atoms with Gasteiger partial charge in [0, 0.05) is 31.2 Å². The molecule has 0 bridgehead atoms. The molecule has 1 saturated carbocycles. The molecule has 1 aromatic rings. The third-order valence-corrected chi connectivity index (χ3v) is 3.83. The number of H-pyrrole nitrogens is 1. The Morgan fingerprint density at radius 3 is 2.75 bits per heavy atom. The van der Waals surface area contributed by atoms with Crippen LogP contribution in [0.4, 0.5) is 0 Å². The summed E-state index contributed by atoms with van der Waals surface area (Å²) in [6.45, 7) is 4.87. The Bertz CT molecular complexity index is 442. The topological polar surface area (TPSA) is 75.0 Å². The molecule has 20 heavy (non-hydrogen) atoms. The van der Waals surface area contributed by atoms with Crippen LogP contribution < -0.4 is 5.73 Å². The molecule has 3 N–H and O–H groups in total. The molecule has 1 amide bonds. The van der Waals surface area contributed by atoms with Crippen LogP contribution in [0.5, 0.6) is 0 Å². The van der Waals surface area contributed by atoms with Crippen LogP contribution in [0.2, 0.25) is 0 Å². The van der Waals surface area contributed by atoms with Gasteiger partial charge in [0.1, 0.15) is 5.69 Å². The number of hydrogen-bond donors (Lipinski definition) is 2. The highest BCUT2D eigenvalue weighted by Crippen LogP contribution is 2.39. The Kier molecular flexibility index (Phi) is 6.02. The summed E-state index contributed by atoms with van der Waals surface area (Å²) in [6.07, 6.45) is 3.23. The summed E-state index contributed by atoms with van der Waals surface area (Å²) in [4.78, 5) is 13.9. The van der Waals surface area contributed by atoms with Crippen molar-refractivity contribution in [3.05, 3.63) is 17.5 Å². The Morgan fingerprint density at radius 2 is 2.20 bits per heavy atom. The summed E-state index contributed by atoms with van der Waals surface area (Å²) in [5.74, 6) is 1.00. The highest BCUT2D eigenvalue weighted by Gasteiger charge is 2.27. The lowest BCUT2D eigenvalue weighted by Crippen LogP contribution is -2.34. The maximum absolute atomic E-state index is 12.2. The predicted molar refractivity (Wildman–Crippen MR) is 82.2 cm³/mol. The molecule has 0 radical (unpaired) electrons. The van der Waals surface area contributed by atoms with Crippen LogP contribution in [0.15, 0.2) is 6.07 Å². The number of halogens is 1. The number of nitrogens with two attached hydrogens (primary N) is 1. The summed E-state index contributed by atoms with van der Waals surface area (Å²) in [7, 11) is 1.81. The molecule has 0 aliphatic heterocycles. The molecule has 2 rings (SSSR count). The van der Waals surface area contributed by atoms with Gasteiger partial charge in [0.25, 0.3) is 5.91 Å². The van der Waals surface area contributed by atoms with Crippen molar-refractivity contribution >= 4 is 18.3 Å². The summed E-state index contributed by atoms with van der Waals surface area (Å²) in [6, 6.07) is 2.02. The van der Waals surface area contributed by atoms with E-state index in [-0.39, 0.29) is 24.4 Å². The summed E-state index contributed by atoms with van der Waals surface area (Å²) in [5, 5.41) is 7.08. The molecule has 1 fully saturated rings. The normalized spacial score (nSPS) is 15.8. The maximum Gasteiger partial charge on any atom is 0.274 e. The minimum Gasteiger partial charge on any atom is -0.340 e. The molecule has 1 unspecified atom stereocenters. The lowest BCUT2D eigenvalue weighted by Gasteiger charge is -2.20. The fourth-order valence-corrected chi connectivity index (χ4v) is 2.02. The van der Waals surface area contributed by atoms with Crippen LogP contribution in [0.25, 0.3) is 0 Å². The molecule has 0 spiro atoms. The molecule has 114 valence electrons. The maximum atomic E-state index is 12.2. The first-order valence-corrected chi connectivity index (χ1v) is 7.05. The lowest BCUT2D eigenvalue weighted by atomic mass is 10.0. The standard InChI is InChI=1S/C14H24N4O.ClH/c1-9(2)11(15)6-7-18(3)14(19)13-8-12(16-17-13)10-4-5-10;/h8-11H,4-7,15H2,1-3H3,(H,16,17);1H. The van der Waals surface area contributed by atoms with E-state index in [4.69, 9.17) is 5.73 Å². The van der Waals surface area contributed by atoms with Crippen molar-refractivity contribution in [1.82, 2.24) is 15.1 Å². The molecule has 1 aliphatic rings. The van der Waals surface area contributed by atoms with Crippen LogP contribution in [0.3, 0.4) is 0 Å². The number of carbonyl (C=O) groups is 1. The van der Waals surface area contributed by atoms with Crippen molar-refractivity contribution in [2.45, 2.75) is 45.1 Å². The Labute approximate surface area is 126 Å². The number of amides is 1. The predicted octanol–water partition coefficient (Wildman–Crippen LogP) is 2.15. The minimum absolute atomic E-state index is 0. The van der Waals surface area contributed by atoms with E-state index < -0.39 is 0 Å². The Balaban J connectivity index is 0.00000200. The molecular formula is C14H25ClN4O. The first-order chi connectivity index (χ1) is 8.99. The second-order valence-electron chi connectivity index (χ2n) is 5.91. The Hall–Kier alpha value is -1.07. The smallest absolute Gasteiger partial charge is 0.274 e. The molecule has 0 saturated heterocycles. The summed E-state index contributed by atoms with van der Waals surface area (Å²) < 4.78 is 0. The molecule has 5 nitrogen and oxygen atoms in total. The lowest BCUT2D eigenvalue weighted by molar-refractivity contribution is 0.0783. The van der Waals surface area contributed by atoms with E-state index in [9.17, 15) is 4.79 Å². The van der Waals surface area contributed by atoms with E-state index >= 15 is 0 Å². The first-order valence-electron chi connectivity index (χ1n) is 7.05. The van der Waals surface area contributed by atoms with Crippen molar-refractivity contribution in [3.8, 4) is 0 Å². The van der Waals surface area contributed by atoms with E-state index in [1.165, 1.54) is 12.8 Å². The first kappa shape index (κ1) is 17.0. The van der Waals surface area contributed by atoms with Gasteiger partial charge in [0.05, 0.1) is 0 Å². The van der Waals surface area contributed by atoms with Gasteiger partial charge in [-0.15, -0.1) is 12.4 Å². The fraction of sp³-hybridized carbons (Fsp3) is 0.714.